The number of unbranched alkanes of at least 4 members (excludes halogenated alkanes) is 3. The molecule has 0 spiro atoms. The number of nitrogens with one attached hydrogen (secondary N) is 1. The molecule has 0 saturated carbocycles. The predicted octanol–water partition coefficient (Wildman–Crippen LogP) is 2.13. The minimum atomic E-state index is 0.499. The highest BCUT2D eigenvalue weighted by molar-refractivity contribution is 5.77. The molecule has 0 fully saturated rings. The molecule has 5 nitrogen and oxygen atoms in total. The van der Waals surface area contributed by atoms with Crippen molar-refractivity contribution in [1.29, 1.82) is 0 Å². The quantitative estimate of drug-likeness (QED) is 0.434. The van der Waals surface area contributed by atoms with E-state index in [4.69, 9.17) is 5.73 Å². The van der Waals surface area contributed by atoms with Crippen LogP contribution in [0.5, 0.6) is 0 Å². The molecular weight excluding hydrogens is 250 g/mol. The first-order valence-electron chi connectivity index (χ1n) is 7.30. The summed E-state index contributed by atoms with van der Waals surface area (Å²) in [6.07, 6.45) is 4.90. The summed E-state index contributed by atoms with van der Waals surface area (Å²) in [4.78, 5) is 10.8. The van der Waals surface area contributed by atoms with E-state index in [-0.39, 0.29) is 0 Å². The van der Waals surface area contributed by atoms with E-state index in [0.717, 1.165) is 24.5 Å². The van der Waals surface area contributed by atoms with Crippen LogP contribution in [0.1, 0.15) is 38.3 Å². The van der Waals surface area contributed by atoms with Crippen LogP contribution in [0.4, 0.5) is 5.82 Å². The molecule has 112 valence electrons. The molecule has 1 rings (SSSR count). The van der Waals surface area contributed by atoms with Crippen LogP contribution in [0.2, 0.25) is 0 Å². The fraction of sp³-hybridized carbons (Fsp3) is 0.600. The molecule has 0 radical (unpaired) electrons. The van der Waals surface area contributed by atoms with Crippen LogP contribution in [0.3, 0.4) is 0 Å². The summed E-state index contributed by atoms with van der Waals surface area (Å²) >= 11 is 0. The lowest BCUT2D eigenvalue weighted by molar-refractivity contribution is 0.652. The smallest absolute Gasteiger partial charge is 0.188 e. The Morgan fingerprint density at radius 1 is 1.30 bits per heavy atom. The Morgan fingerprint density at radius 3 is 2.80 bits per heavy atom. The Labute approximate surface area is 122 Å². The Bertz CT molecular complexity index is 414. The van der Waals surface area contributed by atoms with Crippen LogP contribution in [0, 0.1) is 0 Å². The number of aromatic nitrogens is 1. The molecule has 0 saturated heterocycles. The number of rotatable bonds is 8. The minimum absolute atomic E-state index is 0.499. The maximum absolute atomic E-state index is 5.83. The van der Waals surface area contributed by atoms with Crippen molar-refractivity contribution in [2.24, 2.45) is 10.7 Å². The van der Waals surface area contributed by atoms with Crippen molar-refractivity contribution in [2.75, 3.05) is 25.5 Å². The summed E-state index contributed by atoms with van der Waals surface area (Å²) in [7, 11) is 3.95. The number of pyridine rings is 1. The van der Waals surface area contributed by atoms with E-state index < -0.39 is 0 Å². The topological polar surface area (TPSA) is 66.5 Å². The molecule has 1 heterocycles. The summed E-state index contributed by atoms with van der Waals surface area (Å²) in [5, 5.41) is 3.14. The summed E-state index contributed by atoms with van der Waals surface area (Å²) in [5.74, 6) is 1.43. The second-order valence-corrected chi connectivity index (χ2v) is 5.07. The minimum Gasteiger partial charge on any atom is -0.370 e. The van der Waals surface area contributed by atoms with Crippen molar-refractivity contribution in [1.82, 2.24) is 10.3 Å². The van der Waals surface area contributed by atoms with Crippen LogP contribution in [-0.4, -0.2) is 31.6 Å². The summed E-state index contributed by atoms with van der Waals surface area (Å²) < 4.78 is 0. The molecule has 0 aliphatic carbocycles. The predicted molar refractivity (Wildman–Crippen MR) is 86.0 cm³/mol. The number of hydrogen-bond acceptors (Lipinski definition) is 3. The first kappa shape index (κ1) is 16.3. The number of guanidine groups is 1. The van der Waals surface area contributed by atoms with Gasteiger partial charge in [-0.25, -0.2) is 9.98 Å². The van der Waals surface area contributed by atoms with E-state index >= 15 is 0 Å². The van der Waals surface area contributed by atoms with Gasteiger partial charge in [-0.1, -0.05) is 32.3 Å². The van der Waals surface area contributed by atoms with Gasteiger partial charge in [0.05, 0.1) is 12.2 Å². The van der Waals surface area contributed by atoms with Crippen LogP contribution in [0.15, 0.2) is 23.2 Å². The van der Waals surface area contributed by atoms with Gasteiger partial charge in [-0.05, 0) is 18.6 Å². The monoisotopic (exact) mass is 277 g/mol. The molecule has 5 heteroatoms. The highest BCUT2D eigenvalue weighted by Crippen LogP contribution is 2.08. The van der Waals surface area contributed by atoms with Crippen molar-refractivity contribution in [3.63, 3.8) is 0 Å². The largest absolute Gasteiger partial charge is 0.370 e. The molecule has 0 unspecified atom stereocenters. The maximum atomic E-state index is 5.83. The first-order chi connectivity index (χ1) is 9.63. The van der Waals surface area contributed by atoms with Gasteiger partial charge in [-0.3, -0.25) is 0 Å². The Kier molecular flexibility index (Phi) is 7.47. The molecule has 0 bridgehead atoms. The van der Waals surface area contributed by atoms with Gasteiger partial charge in [0.2, 0.25) is 0 Å². The zero-order chi connectivity index (χ0) is 14.8. The van der Waals surface area contributed by atoms with Crippen molar-refractivity contribution in [3.8, 4) is 0 Å². The molecule has 0 aliphatic rings. The number of nitrogens with two attached hydrogens (primary N) is 1. The lowest BCUT2D eigenvalue weighted by Gasteiger charge is -2.11. The molecule has 0 atom stereocenters. The normalized spacial score (nSPS) is 11.4. The highest BCUT2D eigenvalue weighted by Gasteiger charge is 1.99. The Balaban J connectivity index is 2.36. The molecule has 0 amide bonds. The van der Waals surface area contributed by atoms with Crippen LogP contribution in [0.25, 0.3) is 0 Å². The molecular formula is C15H27N5. The van der Waals surface area contributed by atoms with E-state index in [1.165, 1.54) is 19.3 Å². The average molecular weight is 277 g/mol. The second-order valence-electron chi connectivity index (χ2n) is 5.07. The third-order valence-corrected chi connectivity index (χ3v) is 3.00. The third kappa shape index (κ3) is 6.41. The van der Waals surface area contributed by atoms with E-state index in [1.807, 2.05) is 37.2 Å². The van der Waals surface area contributed by atoms with Crippen molar-refractivity contribution < 1.29 is 0 Å². The summed E-state index contributed by atoms with van der Waals surface area (Å²) in [6, 6.07) is 5.93. The zero-order valence-corrected chi connectivity index (χ0v) is 12.9. The second kappa shape index (κ2) is 9.18. The van der Waals surface area contributed by atoms with Crippen molar-refractivity contribution in [3.05, 3.63) is 23.9 Å². The Morgan fingerprint density at radius 2 is 2.10 bits per heavy atom. The number of hydrogen-bond donors (Lipinski definition) is 2. The molecule has 1 aromatic heterocycles. The molecule has 3 N–H and O–H groups in total. The highest BCUT2D eigenvalue weighted by atomic mass is 15.1. The van der Waals surface area contributed by atoms with Gasteiger partial charge in [0.15, 0.2) is 5.96 Å². The SMILES string of the molecule is CCCCCCNC(N)=NCc1cccc(N(C)C)n1. The van der Waals surface area contributed by atoms with Gasteiger partial charge < -0.3 is 16.0 Å². The van der Waals surface area contributed by atoms with Crippen molar-refractivity contribution in [2.45, 2.75) is 39.2 Å². The Hall–Kier alpha value is -1.78. The van der Waals surface area contributed by atoms with Gasteiger partial charge in [-0.2, -0.15) is 0 Å². The van der Waals surface area contributed by atoms with E-state index in [9.17, 15) is 0 Å². The summed E-state index contributed by atoms with van der Waals surface area (Å²) in [5.41, 5.74) is 6.76. The van der Waals surface area contributed by atoms with Crippen molar-refractivity contribution >= 4 is 11.8 Å². The van der Waals surface area contributed by atoms with Gasteiger partial charge in [0.1, 0.15) is 5.82 Å². The molecule has 20 heavy (non-hydrogen) atoms. The molecule has 0 aliphatic heterocycles. The maximum Gasteiger partial charge on any atom is 0.188 e. The third-order valence-electron chi connectivity index (χ3n) is 3.00. The average Bonchev–Trinajstić information content (AvgIpc) is 2.45. The van der Waals surface area contributed by atoms with Crippen LogP contribution >= 0.6 is 0 Å². The van der Waals surface area contributed by atoms with Gasteiger partial charge in [0, 0.05) is 20.6 Å². The number of anilines is 1. The first-order valence-corrected chi connectivity index (χ1v) is 7.30. The lowest BCUT2D eigenvalue weighted by atomic mass is 10.2. The van der Waals surface area contributed by atoms with E-state index in [1.54, 1.807) is 0 Å². The van der Waals surface area contributed by atoms with Gasteiger partial charge >= 0.3 is 0 Å². The standard InChI is InChI=1S/C15H27N5/c1-4-5-6-7-11-17-15(16)18-12-13-9-8-10-14(19-13)20(2)3/h8-10H,4-7,11-12H2,1-3H3,(H3,16,17,18). The van der Waals surface area contributed by atoms with E-state index in [0.29, 0.717) is 12.5 Å². The number of nitrogens with zero attached hydrogens (tertiary/aromatic N) is 3. The van der Waals surface area contributed by atoms with E-state index in [2.05, 4.69) is 22.2 Å². The summed E-state index contributed by atoms with van der Waals surface area (Å²) in [6.45, 7) is 3.61. The molecule has 0 aromatic carbocycles. The zero-order valence-electron chi connectivity index (χ0n) is 12.9. The van der Waals surface area contributed by atoms with Gasteiger partial charge in [-0.15, -0.1) is 0 Å². The fourth-order valence-corrected chi connectivity index (χ4v) is 1.79. The lowest BCUT2D eigenvalue weighted by Crippen LogP contribution is -2.32. The van der Waals surface area contributed by atoms with Crippen LogP contribution in [-0.2, 0) is 6.54 Å². The van der Waals surface area contributed by atoms with Gasteiger partial charge in [0.25, 0.3) is 0 Å². The molecule has 1 aromatic rings. The number of aliphatic imine (C=N–C) groups is 1. The van der Waals surface area contributed by atoms with Crippen LogP contribution < -0.4 is 16.0 Å². The fourth-order valence-electron chi connectivity index (χ4n) is 1.79.